The number of methoxy groups -OCH3 is 1. The lowest BCUT2D eigenvalue weighted by Crippen LogP contribution is -2.28. The number of hydrogen-bond donors (Lipinski definition) is 1. The highest BCUT2D eigenvalue weighted by molar-refractivity contribution is 6.30. The van der Waals surface area contributed by atoms with Crippen molar-refractivity contribution >= 4 is 34.4 Å². The van der Waals surface area contributed by atoms with E-state index >= 15 is 0 Å². The summed E-state index contributed by atoms with van der Waals surface area (Å²) in [6.45, 7) is 0.167. The summed E-state index contributed by atoms with van der Waals surface area (Å²) in [7, 11) is 1.56. The summed E-state index contributed by atoms with van der Waals surface area (Å²) in [5, 5.41) is 11.3. The molecule has 0 aliphatic carbocycles. The molecular weight excluding hydrogens is 408 g/mol. The highest BCUT2D eigenvalue weighted by atomic mass is 35.5. The third kappa shape index (κ3) is 4.15. The molecule has 0 bridgehead atoms. The molecule has 10 heteroatoms. The van der Waals surface area contributed by atoms with Crippen molar-refractivity contribution in [2.24, 2.45) is 0 Å². The van der Waals surface area contributed by atoms with Crippen molar-refractivity contribution in [3.63, 3.8) is 0 Å². The molecule has 0 aliphatic heterocycles. The third-order valence-electron chi connectivity index (χ3n) is 4.40. The second-order valence-corrected chi connectivity index (χ2v) is 6.94. The van der Waals surface area contributed by atoms with Gasteiger partial charge in [0.05, 0.1) is 13.7 Å². The number of carbonyl (C=O) groups excluding carboxylic acids is 1. The molecule has 0 atom stereocenters. The van der Waals surface area contributed by atoms with Gasteiger partial charge < -0.3 is 10.1 Å². The Morgan fingerprint density at radius 2 is 2.00 bits per heavy atom. The molecule has 2 heterocycles. The smallest absolute Gasteiger partial charge is 0.283 e. The maximum absolute atomic E-state index is 12.7. The fourth-order valence-corrected chi connectivity index (χ4v) is 3.16. The van der Waals surface area contributed by atoms with E-state index in [9.17, 15) is 9.59 Å². The normalized spacial score (nSPS) is 10.9. The van der Waals surface area contributed by atoms with Gasteiger partial charge in [0.25, 0.3) is 5.56 Å². The number of nitrogens with one attached hydrogen (secondary N) is 1. The van der Waals surface area contributed by atoms with Gasteiger partial charge in [-0.3, -0.25) is 14.2 Å². The van der Waals surface area contributed by atoms with Crippen molar-refractivity contribution in [3.8, 4) is 5.75 Å². The van der Waals surface area contributed by atoms with Crippen molar-refractivity contribution in [1.29, 1.82) is 0 Å². The predicted octanol–water partition coefficient (Wildman–Crippen LogP) is 2.34. The van der Waals surface area contributed by atoms with Gasteiger partial charge in [0.1, 0.15) is 18.6 Å². The van der Waals surface area contributed by atoms with Crippen LogP contribution in [0.15, 0.2) is 59.7 Å². The maximum Gasteiger partial charge on any atom is 0.283 e. The fraction of sp³-hybridized carbons (Fsp3) is 0.150. The number of benzene rings is 2. The molecule has 0 aliphatic rings. The highest BCUT2D eigenvalue weighted by Gasteiger charge is 2.14. The number of ether oxygens (including phenoxy) is 1. The number of halogens is 1. The Morgan fingerprint density at radius 1 is 1.20 bits per heavy atom. The molecule has 0 fully saturated rings. The van der Waals surface area contributed by atoms with Gasteiger partial charge in [-0.25, -0.2) is 9.67 Å². The lowest BCUT2D eigenvalue weighted by atomic mass is 10.2. The van der Waals surface area contributed by atoms with Crippen LogP contribution >= 0.6 is 11.6 Å². The molecule has 4 rings (SSSR count). The first-order valence-corrected chi connectivity index (χ1v) is 9.38. The summed E-state index contributed by atoms with van der Waals surface area (Å²) in [4.78, 5) is 29.3. The molecule has 2 aromatic heterocycles. The molecule has 0 spiro atoms. The van der Waals surface area contributed by atoms with E-state index in [-0.39, 0.29) is 18.0 Å². The molecule has 0 radical (unpaired) electrons. The molecule has 4 aromatic rings. The minimum absolute atomic E-state index is 0.0942. The van der Waals surface area contributed by atoms with Crippen molar-refractivity contribution in [2.75, 3.05) is 12.4 Å². The van der Waals surface area contributed by atoms with Crippen LogP contribution < -0.4 is 15.6 Å². The van der Waals surface area contributed by atoms with E-state index in [1.165, 1.54) is 15.6 Å². The first kappa shape index (κ1) is 19.6. The molecule has 1 amide bonds. The molecule has 2 aromatic carbocycles. The van der Waals surface area contributed by atoms with E-state index in [1.807, 2.05) is 12.1 Å². The SMILES string of the molecule is COc1ccc(NC(=O)Cn2cnc3c(nnn3Cc3cccc(Cl)c3)c2=O)cc1. The molecular formula is C20H17ClN6O3. The molecule has 0 saturated heterocycles. The summed E-state index contributed by atoms with van der Waals surface area (Å²) in [5.41, 5.74) is 1.49. The topological polar surface area (TPSA) is 104 Å². The van der Waals surface area contributed by atoms with E-state index < -0.39 is 5.56 Å². The molecule has 30 heavy (non-hydrogen) atoms. The van der Waals surface area contributed by atoms with Gasteiger partial charge in [0.2, 0.25) is 5.91 Å². The molecule has 152 valence electrons. The Morgan fingerprint density at radius 3 is 2.73 bits per heavy atom. The molecule has 0 saturated carbocycles. The molecule has 0 unspecified atom stereocenters. The van der Waals surface area contributed by atoms with Crippen LogP contribution in [0.2, 0.25) is 5.02 Å². The van der Waals surface area contributed by atoms with Gasteiger partial charge >= 0.3 is 0 Å². The van der Waals surface area contributed by atoms with Gasteiger partial charge in [-0.2, -0.15) is 0 Å². The summed E-state index contributed by atoms with van der Waals surface area (Å²) < 4.78 is 7.80. The van der Waals surface area contributed by atoms with Crippen molar-refractivity contribution < 1.29 is 9.53 Å². The second-order valence-electron chi connectivity index (χ2n) is 6.50. The minimum atomic E-state index is -0.442. The predicted molar refractivity (Wildman–Crippen MR) is 112 cm³/mol. The van der Waals surface area contributed by atoms with Crippen LogP contribution in [0.25, 0.3) is 11.2 Å². The Hall–Kier alpha value is -3.72. The Kier molecular flexibility index (Phi) is 5.44. The maximum atomic E-state index is 12.7. The lowest BCUT2D eigenvalue weighted by Gasteiger charge is -2.08. The standard InChI is InChI=1S/C20H17ClN6O3/c1-30-16-7-5-15(6-8-16)23-17(28)11-26-12-22-19-18(20(26)29)24-25-27(19)10-13-3-2-4-14(21)9-13/h2-9,12H,10-11H2,1H3,(H,23,28). The number of nitrogens with zero attached hydrogens (tertiary/aromatic N) is 5. The Labute approximate surface area is 175 Å². The van der Waals surface area contributed by atoms with Crippen LogP contribution in [0.3, 0.4) is 0 Å². The zero-order chi connectivity index (χ0) is 21.1. The van der Waals surface area contributed by atoms with Gasteiger partial charge in [0, 0.05) is 10.7 Å². The lowest BCUT2D eigenvalue weighted by molar-refractivity contribution is -0.116. The number of rotatable bonds is 6. The van der Waals surface area contributed by atoms with Gasteiger partial charge in [-0.1, -0.05) is 28.9 Å². The summed E-state index contributed by atoms with van der Waals surface area (Å²) in [6.07, 6.45) is 1.32. The molecule has 9 nitrogen and oxygen atoms in total. The number of anilines is 1. The zero-order valence-corrected chi connectivity index (χ0v) is 16.7. The zero-order valence-electron chi connectivity index (χ0n) is 15.9. The minimum Gasteiger partial charge on any atom is -0.497 e. The van der Waals surface area contributed by atoms with Crippen LogP contribution in [0.1, 0.15) is 5.56 Å². The quantitative estimate of drug-likeness (QED) is 0.509. The van der Waals surface area contributed by atoms with Crippen molar-refractivity contribution in [1.82, 2.24) is 24.5 Å². The fourth-order valence-electron chi connectivity index (χ4n) is 2.94. The Balaban J connectivity index is 1.52. The summed E-state index contributed by atoms with van der Waals surface area (Å²) in [6, 6.07) is 14.2. The van der Waals surface area contributed by atoms with Gasteiger partial charge in [-0.15, -0.1) is 5.10 Å². The number of carbonyl (C=O) groups is 1. The Bertz CT molecular complexity index is 1270. The van der Waals surface area contributed by atoms with Gasteiger partial charge in [-0.05, 0) is 42.0 Å². The van der Waals surface area contributed by atoms with Crippen LogP contribution in [-0.2, 0) is 17.9 Å². The monoisotopic (exact) mass is 424 g/mol. The summed E-state index contributed by atoms with van der Waals surface area (Å²) in [5.74, 6) is 0.314. The number of amides is 1. The average Bonchev–Trinajstić information content (AvgIpc) is 3.14. The van der Waals surface area contributed by atoms with E-state index in [0.29, 0.717) is 28.7 Å². The van der Waals surface area contributed by atoms with E-state index in [4.69, 9.17) is 16.3 Å². The number of aromatic nitrogens is 5. The average molecular weight is 425 g/mol. The number of hydrogen-bond acceptors (Lipinski definition) is 6. The highest BCUT2D eigenvalue weighted by Crippen LogP contribution is 2.15. The first-order chi connectivity index (χ1) is 14.5. The van der Waals surface area contributed by atoms with Crippen LogP contribution in [0.5, 0.6) is 5.75 Å². The van der Waals surface area contributed by atoms with Crippen molar-refractivity contribution in [3.05, 3.63) is 75.8 Å². The largest absolute Gasteiger partial charge is 0.497 e. The van der Waals surface area contributed by atoms with E-state index in [2.05, 4.69) is 20.6 Å². The van der Waals surface area contributed by atoms with Crippen molar-refractivity contribution in [2.45, 2.75) is 13.1 Å². The van der Waals surface area contributed by atoms with Gasteiger partial charge in [0.15, 0.2) is 11.2 Å². The van der Waals surface area contributed by atoms with E-state index in [0.717, 1.165) is 5.56 Å². The van der Waals surface area contributed by atoms with Crippen LogP contribution in [0, 0.1) is 0 Å². The second kappa shape index (κ2) is 8.34. The number of fused-ring (bicyclic) bond motifs is 1. The van der Waals surface area contributed by atoms with E-state index in [1.54, 1.807) is 43.5 Å². The van der Waals surface area contributed by atoms with Crippen LogP contribution in [-0.4, -0.2) is 37.6 Å². The molecule has 1 N–H and O–H groups in total. The summed E-state index contributed by atoms with van der Waals surface area (Å²) >= 11 is 6.01. The van der Waals surface area contributed by atoms with Crippen LogP contribution in [0.4, 0.5) is 5.69 Å². The third-order valence-corrected chi connectivity index (χ3v) is 4.64. The first-order valence-electron chi connectivity index (χ1n) is 9.00.